The number of ether oxygens (including phenoxy) is 2. The molecule has 7 heteroatoms. The molecule has 0 saturated carbocycles. The second-order valence-electron chi connectivity index (χ2n) is 6.39. The molecule has 0 aliphatic carbocycles. The van der Waals surface area contributed by atoms with Gasteiger partial charge in [-0.3, -0.25) is 0 Å². The number of nitriles is 1. The monoisotopic (exact) mass is 392 g/mol. The van der Waals surface area contributed by atoms with Gasteiger partial charge in [-0.25, -0.2) is 4.68 Å². The van der Waals surface area contributed by atoms with Crippen molar-refractivity contribution in [1.82, 2.24) is 9.78 Å². The number of aromatic nitrogens is 2. The molecule has 0 spiro atoms. The van der Waals surface area contributed by atoms with Gasteiger partial charge in [0.1, 0.15) is 17.4 Å². The highest BCUT2D eigenvalue weighted by Crippen LogP contribution is 2.44. The first-order valence-corrected chi connectivity index (χ1v) is 8.98. The summed E-state index contributed by atoms with van der Waals surface area (Å²) in [5, 5.41) is 15.0. The third-order valence-electron chi connectivity index (χ3n) is 4.73. The van der Waals surface area contributed by atoms with Crippen LogP contribution in [0.5, 0.6) is 11.6 Å². The van der Waals surface area contributed by atoms with E-state index in [-0.39, 0.29) is 11.8 Å². The quantitative estimate of drug-likeness (QED) is 0.726. The Morgan fingerprint density at radius 1 is 1.25 bits per heavy atom. The van der Waals surface area contributed by atoms with Crippen molar-refractivity contribution >= 4 is 11.6 Å². The van der Waals surface area contributed by atoms with Gasteiger partial charge in [-0.1, -0.05) is 29.8 Å². The van der Waals surface area contributed by atoms with Gasteiger partial charge in [-0.2, -0.15) is 10.4 Å². The van der Waals surface area contributed by atoms with Crippen LogP contribution in [0.1, 0.15) is 22.7 Å². The van der Waals surface area contributed by atoms with Crippen LogP contribution in [0.4, 0.5) is 0 Å². The van der Waals surface area contributed by atoms with Crippen molar-refractivity contribution in [2.75, 3.05) is 7.11 Å². The lowest BCUT2D eigenvalue weighted by molar-refractivity contribution is 0.367. The minimum Gasteiger partial charge on any atom is -0.497 e. The van der Waals surface area contributed by atoms with Gasteiger partial charge < -0.3 is 15.2 Å². The number of benzene rings is 2. The van der Waals surface area contributed by atoms with E-state index < -0.39 is 0 Å². The molecule has 0 bridgehead atoms. The largest absolute Gasteiger partial charge is 0.497 e. The summed E-state index contributed by atoms with van der Waals surface area (Å²) in [7, 11) is 1.61. The van der Waals surface area contributed by atoms with Gasteiger partial charge in [-0.05, 0) is 42.8 Å². The van der Waals surface area contributed by atoms with Crippen LogP contribution in [0.15, 0.2) is 60.0 Å². The third kappa shape index (κ3) is 2.86. The fourth-order valence-corrected chi connectivity index (χ4v) is 3.61. The van der Waals surface area contributed by atoms with Crippen molar-refractivity contribution in [3.63, 3.8) is 0 Å². The smallest absolute Gasteiger partial charge is 0.229 e. The number of halogens is 1. The van der Waals surface area contributed by atoms with Gasteiger partial charge in [0.15, 0.2) is 0 Å². The number of nitrogens with two attached hydrogens (primary N) is 1. The highest BCUT2D eigenvalue weighted by molar-refractivity contribution is 6.30. The number of fused-ring (bicyclic) bond motifs is 1. The number of hydrogen-bond donors (Lipinski definition) is 1. The van der Waals surface area contributed by atoms with E-state index in [2.05, 4.69) is 11.2 Å². The second-order valence-corrected chi connectivity index (χ2v) is 6.83. The minimum atomic E-state index is -0.382. The molecule has 1 aliphatic rings. The third-order valence-corrected chi connectivity index (χ3v) is 4.97. The van der Waals surface area contributed by atoms with E-state index in [0.717, 1.165) is 28.3 Å². The van der Waals surface area contributed by atoms with Gasteiger partial charge in [0.05, 0.1) is 30.0 Å². The van der Waals surface area contributed by atoms with E-state index in [1.807, 2.05) is 43.3 Å². The Labute approximate surface area is 167 Å². The second kappa shape index (κ2) is 6.95. The van der Waals surface area contributed by atoms with E-state index in [9.17, 15) is 5.26 Å². The van der Waals surface area contributed by atoms with E-state index in [1.165, 1.54) is 0 Å². The predicted octanol–water partition coefficient (Wildman–Crippen LogP) is 4.06. The molecule has 2 heterocycles. The molecule has 140 valence electrons. The molecule has 0 fully saturated rings. The van der Waals surface area contributed by atoms with Gasteiger partial charge in [0.2, 0.25) is 11.8 Å². The Morgan fingerprint density at radius 3 is 2.64 bits per heavy atom. The summed E-state index contributed by atoms with van der Waals surface area (Å²) in [5.41, 5.74) is 9.67. The highest BCUT2D eigenvalue weighted by atomic mass is 35.5. The summed E-state index contributed by atoms with van der Waals surface area (Å²) >= 11 is 6.14. The Hall–Kier alpha value is -3.43. The van der Waals surface area contributed by atoms with Crippen molar-refractivity contribution < 1.29 is 9.47 Å². The molecule has 1 aliphatic heterocycles. The molecule has 3 aromatic rings. The lowest BCUT2D eigenvalue weighted by atomic mass is 9.84. The van der Waals surface area contributed by atoms with E-state index in [0.29, 0.717) is 16.5 Å². The first-order chi connectivity index (χ1) is 13.5. The number of hydrogen-bond acceptors (Lipinski definition) is 5. The van der Waals surface area contributed by atoms with E-state index in [4.69, 9.17) is 26.8 Å². The van der Waals surface area contributed by atoms with Crippen LogP contribution >= 0.6 is 11.6 Å². The molecular weight excluding hydrogens is 376 g/mol. The number of aryl methyl sites for hydroxylation is 1. The Balaban J connectivity index is 1.92. The molecule has 0 saturated heterocycles. The molecular formula is C21H17ClN4O2. The summed E-state index contributed by atoms with van der Waals surface area (Å²) < 4.78 is 12.7. The maximum absolute atomic E-state index is 9.73. The van der Waals surface area contributed by atoms with Crippen LogP contribution < -0.4 is 15.2 Å². The number of methoxy groups -OCH3 is 1. The fraction of sp³-hybridized carbons (Fsp3) is 0.143. The van der Waals surface area contributed by atoms with Gasteiger partial charge in [0.25, 0.3) is 0 Å². The fourth-order valence-electron chi connectivity index (χ4n) is 3.43. The average molecular weight is 393 g/mol. The molecule has 6 nitrogen and oxygen atoms in total. The van der Waals surface area contributed by atoms with Crippen molar-refractivity contribution in [2.45, 2.75) is 12.8 Å². The highest BCUT2D eigenvalue weighted by Gasteiger charge is 2.36. The summed E-state index contributed by atoms with van der Waals surface area (Å²) in [6.07, 6.45) is 0. The van der Waals surface area contributed by atoms with Crippen LogP contribution in [0.3, 0.4) is 0 Å². The lowest BCUT2D eigenvalue weighted by Crippen LogP contribution is -2.22. The van der Waals surface area contributed by atoms with Crippen LogP contribution in [0.2, 0.25) is 5.02 Å². The minimum absolute atomic E-state index is 0.0685. The normalized spacial score (nSPS) is 15.6. The summed E-state index contributed by atoms with van der Waals surface area (Å²) in [6, 6.07) is 17.0. The standard InChI is InChI=1S/C21H17ClN4O2/c1-12-18-19(13-6-8-16(27-2)9-7-13)17(11-23)20(24)28-21(18)26(25-12)15-5-3-4-14(22)10-15/h3-10,19H,24H2,1-2H3. The van der Waals surface area contributed by atoms with Crippen molar-refractivity contribution in [3.05, 3.63) is 81.8 Å². The molecule has 0 amide bonds. The maximum Gasteiger partial charge on any atom is 0.229 e. The predicted molar refractivity (Wildman–Crippen MR) is 106 cm³/mol. The molecule has 4 rings (SSSR count). The summed E-state index contributed by atoms with van der Waals surface area (Å²) in [5.74, 6) is 0.904. The Kier molecular flexibility index (Phi) is 4.46. The van der Waals surface area contributed by atoms with Gasteiger partial charge >= 0.3 is 0 Å². The molecule has 1 unspecified atom stereocenters. The first kappa shape index (κ1) is 18.0. The van der Waals surface area contributed by atoms with Crippen molar-refractivity contribution in [2.24, 2.45) is 5.73 Å². The SMILES string of the molecule is COc1ccc(C2C(C#N)=C(N)Oc3c2c(C)nn3-c2cccc(Cl)c2)cc1. The average Bonchev–Trinajstić information content (AvgIpc) is 3.03. The number of allylic oxidation sites excluding steroid dienone is 1. The van der Waals surface area contributed by atoms with Crippen LogP contribution in [-0.4, -0.2) is 16.9 Å². The topological polar surface area (TPSA) is 86.1 Å². The molecule has 1 atom stereocenters. The zero-order valence-corrected chi connectivity index (χ0v) is 16.1. The van der Waals surface area contributed by atoms with Crippen LogP contribution in [0, 0.1) is 18.3 Å². The van der Waals surface area contributed by atoms with E-state index in [1.54, 1.807) is 23.9 Å². The zero-order chi connectivity index (χ0) is 19.8. The summed E-state index contributed by atoms with van der Waals surface area (Å²) in [4.78, 5) is 0. The molecule has 28 heavy (non-hydrogen) atoms. The molecule has 0 radical (unpaired) electrons. The lowest BCUT2D eigenvalue weighted by Gasteiger charge is -2.25. The molecule has 2 N–H and O–H groups in total. The Morgan fingerprint density at radius 2 is 2.00 bits per heavy atom. The number of nitrogens with zero attached hydrogens (tertiary/aromatic N) is 3. The van der Waals surface area contributed by atoms with Crippen molar-refractivity contribution in [3.8, 4) is 23.4 Å². The molecule has 1 aromatic heterocycles. The Bertz CT molecular complexity index is 1130. The van der Waals surface area contributed by atoms with E-state index >= 15 is 0 Å². The first-order valence-electron chi connectivity index (χ1n) is 8.60. The van der Waals surface area contributed by atoms with Gasteiger partial charge in [0, 0.05) is 5.02 Å². The summed E-state index contributed by atoms with van der Waals surface area (Å²) in [6.45, 7) is 1.89. The number of rotatable bonds is 3. The van der Waals surface area contributed by atoms with Crippen LogP contribution in [0.25, 0.3) is 5.69 Å². The van der Waals surface area contributed by atoms with Gasteiger partial charge in [-0.15, -0.1) is 0 Å². The van der Waals surface area contributed by atoms with Crippen LogP contribution in [-0.2, 0) is 0 Å². The maximum atomic E-state index is 9.73. The zero-order valence-electron chi connectivity index (χ0n) is 15.3. The molecule has 2 aromatic carbocycles. The van der Waals surface area contributed by atoms with Crippen molar-refractivity contribution in [1.29, 1.82) is 5.26 Å².